The zero-order valence-corrected chi connectivity index (χ0v) is 13.6. The van der Waals surface area contributed by atoms with Gasteiger partial charge in [0, 0.05) is 24.9 Å². The highest BCUT2D eigenvalue weighted by Gasteiger charge is 2.28. The van der Waals surface area contributed by atoms with Gasteiger partial charge in [-0.15, -0.1) is 0 Å². The van der Waals surface area contributed by atoms with Crippen LogP contribution in [0.4, 0.5) is 11.4 Å². The van der Waals surface area contributed by atoms with Crippen LogP contribution in [-0.2, 0) is 13.0 Å². The molecule has 1 aliphatic heterocycles. The molecule has 1 aromatic carbocycles. The number of anilines is 1. The van der Waals surface area contributed by atoms with Crippen LogP contribution < -0.4 is 5.32 Å². The average Bonchev–Trinajstić information content (AvgIpc) is 2.60. The molecule has 0 aliphatic carbocycles. The van der Waals surface area contributed by atoms with Gasteiger partial charge in [0.2, 0.25) is 0 Å². The van der Waals surface area contributed by atoms with Gasteiger partial charge in [-0.3, -0.25) is 15.1 Å². The predicted octanol–water partition coefficient (Wildman–Crippen LogP) is 2.11. The number of nitro groups is 1. The summed E-state index contributed by atoms with van der Waals surface area (Å²) in [6.45, 7) is 0.361. The van der Waals surface area contributed by atoms with Crippen molar-refractivity contribution < 1.29 is 10.0 Å². The molecule has 0 amide bonds. The van der Waals surface area contributed by atoms with Crippen molar-refractivity contribution in [3.8, 4) is 0 Å². The summed E-state index contributed by atoms with van der Waals surface area (Å²) < 4.78 is 0. The van der Waals surface area contributed by atoms with Crippen molar-refractivity contribution in [1.82, 2.24) is 9.88 Å². The Kier molecular flexibility index (Phi) is 4.68. The molecule has 2 heterocycles. The van der Waals surface area contributed by atoms with E-state index in [1.165, 1.54) is 6.07 Å². The molecular formula is C16H16N4O3S. The van der Waals surface area contributed by atoms with Crippen LogP contribution in [0.3, 0.4) is 0 Å². The zero-order chi connectivity index (χ0) is 17.1. The van der Waals surface area contributed by atoms with Crippen LogP contribution in [0.15, 0.2) is 42.7 Å². The lowest BCUT2D eigenvalue weighted by molar-refractivity contribution is -0.385. The molecule has 1 aliphatic rings. The summed E-state index contributed by atoms with van der Waals surface area (Å²) in [5, 5.41) is 24.2. The number of pyridine rings is 1. The first-order valence-corrected chi connectivity index (χ1v) is 7.84. The summed E-state index contributed by atoms with van der Waals surface area (Å²) in [5.74, 6) is 0. The Balaban J connectivity index is 1.84. The minimum absolute atomic E-state index is 0.0503. The van der Waals surface area contributed by atoms with Gasteiger partial charge in [0.25, 0.3) is 5.69 Å². The summed E-state index contributed by atoms with van der Waals surface area (Å²) in [4.78, 5) is 16.4. The number of hydrogen-bond acceptors (Lipinski definition) is 5. The average molecular weight is 344 g/mol. The molecular weight excluding hydrogens is 328 g/mol. The van der Waals surface area contributed by atoms with Gasteiger partial charge in [-0.2, -0.15) is 0 Å². The van der Waals surface area contributed by atoms with Gasteiger partial charge in [-0.1, -0.05) is 6.07 Å². The number of nitrogens with one attached hydrogen (secondary N) is 1. The molecule has 124 valence electrons. The van der Waals surface area contributed by atoms with E-state index in [4.69, 9.17) is 12.2 Å². The molecule has 2 N–H and O–H groups in total. The number of aliphatic hydroxyl groups is 1. The fraction of sp³-hybridized carbons (Fsp3) is 0.250. The van der Waals surface area contributed by atoms with Gasteiger partial charge < -0.3 is 15.3 Å². The number of benzene rings is 1. The Morgan fingerprint density at radius 3 is 2.96 bits per heavy atom. The lowest BCUT2D eigenvalue weighted by Crippen LogP contribution is -2.48. The molecule has 0 saturated heterocycles. The monoisotopic (exact) mass is 344 g/mol. The second kappa shape index (κ2) is 6.90. The van der Waals surface area contributed by atoms with Crippen LogP contribution in [0.25, 0.3) is 0 Å². The fourth-order valence-electron chi connectivity index (χ4n) is 2.78. The number of aromatic nitrogens is 1. The van der Waals surface area contributed by atoms with Crippen molar-refractivity contribution in [2.75, 3.05) is 11.9 Å². The zero-order valence-electron chi connectivity index (χ0n) is 12.8. The molecule has 1 unspecified atom stereocenters. The van der Waals surface area contributed by atoms with Crippen LogP contribution in [0.2, 0.25) is 0 Å². The van der Waals surface area contributed by atoms with Crippen molar-refractivity contribution in [3.05, 3.63) is 64.0 Å². The number of fused-ring (bicyclic) bond motifs is 1. The maximum Gasteiger partial charge on any atom is 0.269 e. The number of rotatable bonds is 3. The fourth-order valence-corrected chi connectivity index (χ4v) is 3.11. The summed E-state index contributed by atoms with van der Waals surface area (Å²) in [6, 6.07) is 8.29. The smallest absolute Gasteiger partial charge is 0.269 e. The summed E-state index contributed by atoms with van der Waals surface area (Å²) in [5.41, 5.74) is 2.66. The molecule has 1 atom stereocenters. The van der Waals surface area contributed by atoms with Crippen LogP contribution in [0, 0.1) is 10.1 Å². The standard InChI is InChI=1S/C16H16N4O3S/c21-10-15-6-11-3-4-14(20(22)23)7-12(11)9-19(15)16(24)18-13-2-1-5-17-8-13/h1-5,7-8,15,21H,6,9-10H2,(H,18,24). The Morgan fingerprint density at radius 1 is 1.46 bits per heavy atom. The van der Waals surface area contributed by atoms with Crippen molar-refractivity contribution >= 4 is 28.7 Å². The minimum atomic E-state index is -0.408. The first kappa shape index (κ1) is 16.3. The van der Waals surface area contributed by atoms with E-state index < -0.39 is 4.92 Å². The molecule has 0 bridgehead atoms. The third-order valence-electron chi connectivity index (χ3n) is 4.02. The van der Waals surface area contributed by atoms with E-state index in [1.807, 2.05) is 11.0 Å². The van der Waals surface area contributed by atoms with Crippen LogP contribution in [0.5, 0.6) is 0 Å². The quantitative estimate of drug-likeness (QED) is 0.500. The maximum atomic E-state index is 11.0. The molecule has 24 heavy (non-hydrogen) atoms. The maximum absolute atomic E-state index is 11.0. The summed E-state index contributed by atoms with van der Waals surface area (Å²) in [6.07, 6.45) is 3.91. The van der Waals surface area contributed by atoms with Crippen molar-refractivity contribution in [3.63, 3.8) is 0 Å². The van der Waals surface area contributed by atoms with Crippen molar-refractivity contribution in [2.24, 2.45) is 0 Å². The van der Waals surface area contributed by atoms with E-state index in [9.17, 15) is 15.2 Å². The van der Waals surface area contributed by atoms with Gasteiger partial charge >= 0.3 is 0 Å². The first-order valence-electron chi connectivity index (χ1n) is 7.43. The molecule has 0 saturated carbocycles. The molecule has 3 rings (SSSR count). The Hall–Kier alpha value is -2.58. The SMILES string of the molecule is O=[N+]([O-])c1ccc2c(c1)CN(C(=S)Nc1cccnc1)C(CO)C2. The summed E-state index contributed by atoms with van der Waals surface area (Å²) >= 11 is 5.45. The number of hydrogen-bond donors (Lipinski definition) is 2. The number of nitro benzene ring substituents is 1. The summed E-state index contributed by atoms with van der Waals surface area (Å²) in [7, 11) is 0. The van der Waals surface area contributed by atoms with Crippen LogP contribution in [0.1, 0.15) is 11.1 Å². The lowest BCUT2D eigenvalue weighted by atomic mass is 9.94. The predicted molar refractivity (Wildman–Crippen MR) is 93.7 cm³/mol. The third kappa shape index (κ3) is 3.34. The Labute approximate surface area is 144 Å². The number of non-ortho nitro benzene ring substituents is 1. The van der Waals surface area contributed by atoms with E-state index in [-0.39, 0.29) is 18.3 Å². The van der Waals surface area contributed by atoms with E-state index >= 15 is 0 Å². The molecule has 0 radical (unpaired) electrons. The van der Waals surface area contributed by atoms with Crippen molar-refractivity contribution in [1.29, 1.82) is 0 Å². The second-order valence-corrected chi connectivity index (χ2v) is 5.94. The molecule has 7 nitrogen and oxygen atoms in total. The highest BCUT2D eigenvalue weighted by atomic mass is 32.1. The topological polar surface area (TPSA) is 91.5 Å². The molecule has 0 spiro atoms. The van der Waals surface area contributed by atoms with E-state index in [0.717, 1.165) is 16.8 Å². The number of aliphatic hydroxyl groups excluding tert-OH is 1. The lowest BCUT2D eigenvalue weighted by Gasteiger charge is -2.37. The van der Waals surface area contributed by atoms with Gasteiger partial charge in [-0.25, -0.2) is 0 Å². The number of thiocarbonyl (C=S) groups is 1. The van der Waals surface area contributed by atoms with Gasteiger partial charge in [-0.05, 0) is 41.9 Å². The number of nitrogens with zero attached hydrogens (tertiary/aromatic N) is 3. The molecule has 2 aromatic rings. The molecule has 1 aromatic heterocycles. The van der Waals surface area contributed by atoms with E-state index in [0.29, 0.717) is 18.1 Å². The van der Waals surface area contributed by atoms with Gasteiger partial charge in [0.15, 0.2) is 5.11 Å². The third-order valence-corrected chi connectivity index (χ3v) is 4.36. The molecule has 0 fully saturated rings. The Bertz CT molecular complexity index is 769. The van der Waals surface area contributed by atoms with Crippen molar-refractivity contribution in [2.45, 2.75) is 19.0 Å². The van der Waals surface area contributed by atoms with Gasteiger partial charge in [0.1, 0.15) is 0 Å². The van der Waals surface area contributed by atoms with Crippen LogP contribution >= 0.6 is 12.2 Å². The minimum Gasteiger partial charge on any atom is -0.394 e. The molecule has 8 heteroatoms. The highest BCUT2D eigenvalue weighted by molar-refractivity contribution is 7.80. The van der Waals surface area contributed by atoms with E-state index in [1.54, 1.807) is 30.6 Å². The Morgan fingerprint density at radius 2 is 2.29 bits per heavy atom. The highest BCUT2D eigenvalue weighted by Crippen LogP contribution is 2.27. The van der Waals surface area contributed by atoms with Gasteiger partial charge in [0.05, 0.1) is 29.5 Å². The largest absolute Gasteiger partial charge is 0.394 e. The second-order valence-electron chi connectivity index (χ2n) is 5.55. The first-order chi connectivity index (χ1) is 11.6. The normalized spacial score (nSPS) is 16.4. The van der Waals surface area contributed by atoms with E-state index in [2.05, 4.69) is 10.3 Å². The van der Waals surface area contributed by atoms with Crippen LogP contribution in [-0.4, -0.2) is 37.7 Å².